The lowest BCUT2D eigenvalue weighted by molar-refractivity contribution is 0.194. The standard InChI is InChI=1S/C16H23BrN2O/c17-16-11-13(3-7-19-8-5-18-6-9-19)1-2-15(16)14-4-10-20-12-14/h1-2,11,14,18H,3-10,12H2. The van der Waals surface area contributed by atoms with Crippen molar-refractivity contribution in [2.24, 2.45) is 0 Å². The summed E-state index contributed by atoms with van der Waals surface area (Å²) in [6.45, 7) is 7.56. The average Bonchev–Trinajstić information content (AvgIpc) is 3.00. The summed E-state index contributed by atoms with van der Waals surface area (Å²) in [4.78, 5) is 2.54. The minimum atomic E-state index is 0.576. The van der Waals surface area contributed by atoms with E-state index < -0.39 is 0 Å². The number of ether oxygens (including phenoxy) is 1. The van der Waals surface area contributed by atoms with E-state index in [9.17, 15) is 0 Å². The lowest BCUT2D eigenvalue weighted by atomic mass is 9.97. The second-order valence-electron chi connectivity index (χ2n) is 5.76. The largest absolute Gasteiger partial charge is 0.381 e. The van der Waals surface area contributed by atoms with Crippen LogP contribution in [0, 0.1) is 0 Å². The Morgan fingerprint density at radius 1 is 1.30 bits per heavy atom. The summed E-state index contributed by atoms with van der Waals surface area (Å²) in [5, 5.41) is 3.40. The summed E-state index contributed by atoms with van der Waals surface area (Å²) < 4.78 is 6.75. The number of hydrogen-bond donors (Lipinski definition) is 1. The fourth-order valence-corrected chi connectivity index (χ4v) is 3.81. The fraction of sp³-hybridized carbons (Fsp3) is 0.625. The highest BCUT2D eigenvalue weighted by Gasteiger charge is 2.20. The Labute approximate surface area is 129 Å². The van der Waals surface area contributed by atoms with Gasteiger partial charge in [0.25, 0.3) is 0 Å². The summed E-state index contributed by atoms with van der Waals surface area (Å²) in [6.07, 6.45) is 2.29. The van der Waals surface area contributed by atoms with Gasteiger partial charge >= 0.3 is 0 Å². The number of nitrogens with zero attached hydrogens (tertiary/aromatic N) is 1. The van der Waals surface area contributed by atoms with Crippen molar-refractivity contribution in [1.29, 1.82) is 0 Å². The molecule has 0 radical (unpaired) electrons. The van der Waals surface area contributed by atoms with E-state index in [-0.39, 0.29) is 0 Å². The van der Waals surface area contributed by atoms with E-state index in [0.29, 0.717) is 5.92 Å². The van der Waals surface area contributed by atoms with Gasteiger partial charge in [-0.15, -0.1) is 0 Å². The Kier molecular flexibility index (Phi) is 5.10. The van der Waals surface area contributed by atoms with Crippen LogP contribution in [-0.2, 0) is 11.2 Å². The first-order valence-corrected chi connectivity index (χ1v) is 8.41. The van der Waals surface area contributed by atoms with Crippen LogP contribution in [0.3, 0.4) is 0 Å². The molecular weight excluding hydrogens is 316 g/mol. The van der Waals surface area contributed by atoms with Crippen LogP contribution in [0.4, 0.5) is 0 Å². The third kappa shape index (κ3) is 3.61. The Bertz CT molecular complexity index is 440. The van der Waals surface area contributed by atoms with E-state index in [2.05, 4.69) is 44.3 Å². The second kappa shape index (κ2) is 7.03. The van der Waals surface area contributed by atoms with Crippen molar-refractivity contribution in [2.45, 2.75) is 18.8 Å². The Morgan fingerprint density at radius 3 is 2.85 bits per heavy atom. The van der Waals surface area contributed by atoms with E-state index >= 15 is 0 Å². The Hall–Kier alpha value is -0.420. The number of benzene rings is 1. The molecule has 1 atom stereocenters. The zero-order valence-corrected chi connectivity index (χ0v) is 13.5. The first kappa shape index (κ1) is 14.5. The summed E-state index contributed by atoms with van der Waals surface area (Å²) in [5.41, 5.74) is 2.84. The molecule has 3 rings (SSSR count). The lowest BCUT2D eigenvalue weighted by Crippen LogP contribution is -2.44. The third-order valence-electron chi connectivity index (χ3n) is 4.36. The maximum Gasteiger partial charge on any atom is 0.0535 e. The summed E-state index contributed by atoms with van der Waals surface area (Å²) in [7, 11) is 0. The minimum absolute atomic E-state index is 0.576. The van der Waals surface area contributed by atoms with Crippen LogP contribution in [-0.4, -0.2) is 50.8 Å². The maximum atomic E-state index is 5.49. The van der Waals surface area contributed by atoms with Crippen molar-refractivity contribution in [3.8, 4) is 0 Å². The van der Waals surface area contributed by atoms with Gasteiger partial charge in [-0.1, -0.05) is 28.1 Å². The van der Waals surface area contributed by atoms with E-state index in [0.717, 1.165) is 39.1 Å². The van der Waals surface area contributed by atoms with Crippen molar-refractivity contribution in [1.82, 2.24) is 10.2 Å². The highest BCUT2D eigenvalue weighted by atomic mass is 79.9. The molecule has 0 saturated carbocycles. The first-order chi connectivity index (χ1) is 9.83. The van der Waals surface area contributed by atoms with Crippen LogP contribution < -0.4 is 5.32 Å². The van der Waals surface area contributed by atoms with Gasteiger partial charge < -0.3 is 15.0 Å². The summed E-state index contributed by atoms with van der Waals surface area (Å²) in [5.74, 6) is 0.576. The van der Waals surface area contributed by atoms with Gasteiger partial charge in [-0.3, -0.25) is 0 Å². The van der Waals surface area contributed by atoms with Crippen molar-refractivity contribution >= 4 is 15.9 Å². The molecule has 0 aliphatic carbocycles. The van der Waals surface area contributed by atoms with Crippen molar-refractivity contribution in [2.75, 3.05) is 45.9 Å². The Balaban J connectivity index is 1.58. The monoisotopic (exact) mass is 338 g/mol. The van der Waals surface area contributed by atoms with E-state index in [1.165, 1.54) is 35.2 Å². The number of halogens is 1. The molecule has 3 nitrogen and oxygen atoms in total. The van der Waals surface area contributed by atoms with Gasteiger partial charge in [0.2, 0.25) is 0 Å². The fourth-order valence-electron chi connectivity index (χ4n) is 3.06. The summed E-state index contributed by atoms with van der Waals surface area (Å²) in [6, 6.07) is 6.88. The van der Waals surface area contributed by atoms with Gasteiger partial charge in [-0.25, -0.2) is 0 Å². The predicted octanol–water partition coefficient (Wildman–Crippen LogP) is 2.40. The zero-order chi connectivity index (χ0) is 13.8. The molecule has 2 aliphatic rings. The SMILES string of the molecule is Brc1cc(CCN2CCNCC2)ccc1C1CCOC1. The summed E-state index contributed by atoms with van der Waals surface area (Å²) >= 11 is 3.74. The molecule has 0 spiro atoms. The van der Waals surface area contributed by atoms with Gasteiger partial charge in [0.05, 0.1) is 6.61 Å². The Morgan fingerprint density at radius 2 is 2.15 bits per heavy atom. The van der Waals surface area contributed by atoms with Crippen molar-refractivity contribution in [3.05, 3.63) is 33.8 Å². The minimum Gasteiger partial charge on any atom is -0.381 e. The van der Waals surface area contributed by atoms with Crippen LogP contribution in [0.15, 0.2) is 22.7 Å². The van der Waals surface area contributed by atoms with E-state index in [4.69, 9.17) is 4.74 Å². The molecule has 4 heteroatoms. The molecule has 2 heterocycles. The van der Waals surface area contributed by atoms with Crippen LogP contribution in [0.25, 0.3) is 0 Å². The third-order valence-corrected chi connectivity index (χ3v) is 5.05. The van der Waals surface area contributed by atoms with Crippen LogP contribution >= 0.6 is 15.9 Å². The van der Waals surface area contributed by atoms with Gasteiger partial charge in [0.15, 0.2) is 0 Å². The predicted molar refractivity (Wildman–Crippen MR) is 85.3 cm³/mol. The molecule has 1 N–H and O–H groups in total. The second-order valence-corrected chi connectivity index (χ2v) is 6.61. The molecule has 0 amide bonds. The molecule has 2 aliphatic heterocycles. The number of hydrogen-bond acceptors (Lipinski definition) is 3. The van der Waals surface area contributed by atoms with E-state index in [1.807, 2.05) is 0 Å². The molecule has 1 unspecified atom stereocenters. The number of rotatable bonds is 4. The average molecular weight is 339 g/mol. The molecule has 0 bridgehead atoms. The molecule has 2 saturated heterocycles. The molecule has 1 aromatic rings. The number of nitrogens with one attached hydrogen (secondary N) is 1. The highest BCUT2D eigenvalue weighted by Crippen LogP contribution is 2.31. The normalized spacial score (nSPS) is 24.1. The van der Waals surface area contributed by atoms with Crippen LogP contribution in [0.1, 0.15) is 23.5 Å². The topological polar surface area (TPSA) is 24.5 Å². The first-order valence-electron chi connectivity index (χ1n) is 7.62. The zero-order valence-electron chi connectivity index (χ0n) is 11.9. The maximum absolute atomic E-state index is 5.49. The number of piperazine rings is 1. The van der Waals surface area contributed by atoms with Gasteiger partial charge in [0, 0.05) is 49.7 Å². The molecule has 1 aromatic carbocycles. The smallest absolute Gasteiger partial charge is 0.0535 e. The van der Waals surface area contributed by atoms with Gasteiger partial charge in [-0.05, 0) is 30.0 Å². The van der Waals surface area contributed by atoms with Gasteiger partial charge in [-0.2, -0.15) is 0 Å². The molecular formula is C16H23BrN2O. The van der Waals surface area contributed by atoms with Gasteiger partial charge in [0.1, 0.15) is 0 Å². The quantitative estimate of drug-likeness (QED) is 0.912. The van der Waals surface area contributed by atoms with Crippen molar-refractivity contribution in [3.63, 3.8) is 0 Å². The molecule has 2 fully saturated rings. The van der Waals surface area contributed by atoms with E-state index in [1.54, 1.807) is 0 Å². The molecule has 0 aromatic heterocycles. The highest BCUT2D eigenvalue weighted by molar-refractivity contribution is 9.10. The molecule has 20 heavy (non-hydrogen) atoms. The molecule has 110 valence electrons. The lowest BCUT2D eigenvalue weighted by Gasteiger charge is -2.27. The van der Waals surface area contributed by atoms with Crippen LogP contribution in [0.5, 0.6) is 0 Å². The van der Waals surface area contributed by atoms with Crippen molar-refractivity contribution < 1.29 is 4.74 Å². The van der Waals surface area contributed by atoms with Crippen LogP contribution in [0.2, 0.25) is 0 Å².